The van der Waals surface area contributed by atoms with Crippen LogP contribution in [0.15, 0.2) is 36.7 Å². The normalized spacial score (nSPS) is 21.2. The van der Waals surface area contributed by atoms with Gasteiger partial charge in [0.2, 0.25) is 5.91 Å². The quantitative estimate of drug-likeness (QED) is 0.843. The molecule has 27 heavy (non-hydrogen) atoms. The van der Waals surface area contributed by atoms with Gasteiger partial charge in [-0.1, -0.05) is 18.6 Å². The molecule has 142 valence electrons. The van der Waals surface area contributed by atoms with Crippen LogP contribution >= 0.6 is 0 Å². The van der Waals surface area contributed by atoms with Gasteiger partial charge in [0.15, 0.2) is 0 Å². The molecule has 1 aliphatic carbocycles. The van der Waals surface area contributed by atoms with E-state index in [9.17, 15) is 9.59 Å². The summed E-state index contributed by atoms with van der Waals surface area (Å²) in [5.74, 6) is -0.715. The minimum atomic E-state index is -0.578. The summed E-state index contributed by atoms with van der Waals surface area (Å²) in [6.07, 6.45) is 8.63. The van der Waals surface area contributed by atoms with Gasteiger partial charge in [0.05, 0.1) is 24.2 Å². The van der Waals surface area contributed by atoms with Gasteiger partial charge in [-0.05, 0) is 50.3 Å². The van der Waals surface area contributed by atoms with E-state index in [-0.39, 0.29) is 24.2 Å². The van der Waals surface area contributed by atoms with Gasteiger partial charge in [-0.3, -0.25) is 9.59 Å². The van der Waals surface area contributed by atoms with E-state index in [4.69, 9.17) is 4.74 Å². The molecule has 1 atom stereocenters. The molecule has 6 heteroatoms. The second kappa shape index (κ2) is 7.18. The van der Waals surface area contributed by atoms with E-state index < -0.39 is 5.60 Å². The Balaban J connectivity index is 1.41. The Morgan fingerprint density at radius 3 is 2.93 bits per heavy atom. The second-order valence-corrected chi connectivity index (χ2v) is 7.71. The number of hydrogen-bond donors (Lipinski definition) is 1. The molecule has 6 nitrogen and oxygen atoms in total. The van der Waals surface area contributed by atoms with E-state index >= 15 is 0 Å². The fraction of sp³-hybridized carbons (Fsp3) is 0.476. The Labute approximate surface area is 158 Å². The third-order valence-corrected chi connectivity index (χ3v) is 5.71. The van der Waals surface area contributed by atoms with Crippen LogP contribution in [0.25, 0.3) is 5.69 Å². The van der Waals surface area contributed by atoms with E-state index in [1.165, 1.54) is 5.56 Å². The Morgan fingerprint density at radius 1 is 1.33 bits per heavy atom. The SMILES string of the molecule is Cc1cccc(-n2cc(CNC(=O)[C@@H]3CC(=O)OC34CCCCC4)cn2)c1. The average Bonchev–Trinajstić information content (AvgIpc) is 3.25. The zero-order valence-corrected chi connectivity index (χ0v) is 15.6. The van der Waals surface area contributed by atoms with Gasteiger partial charge in [-0.15, -0.1) is 0 Å². The molecule has 2 heterocycles. The number of esters is 1. The maximum atomic E-state index is 12.8. The van der Waals surface area contributed by atoms with Crippen molar-refractivity contribution in [3.05, 3.63) is 47.8 Å². The van der Waals surface area contributed by atoms with E-state index in [1.807, 2.05) is 31.3 Å². The standard InChI is InChI=1S/C21H25N3O3/c1-15-6-5-7-17(10-15)24-14-16(13-23-24)12-22-20(26)18-11-19(25)27-21(18)8-3-2-4-9-21/h5-7,10,13-14,18H,2-4,8-9,11-12H2,1H3,(H,22,26)/t18-/m0/s1. The van der Waals surface area contributed by atoms with Crippen molar-refractivity contribution < 1.29 is 14.3 Å². The lowest BCUT2D eigenvalue weighted by Gasteiger charge is -2.36. The minimum absolute atomic E-state index is 0.0916. The Bertz CT molecular complexity index is 852. The van der Waals surface area contributed by atoms with Crippen molar-refractivity contribution in [2.45, 2.75) is 57.6 Å². The summed E-state index contributed by atoms with van der Waals surface area (Å²) in [6, 6.07) is 8.09. The molecule has 1 N–H and O–H groups in total. The number of benzene rings is 1. The number of carbonyl (C=O) groups is 2. The summed E-state index contributed by atoms with van der Waals surface area (Å²) >= 11 is 0. The van der Waals surface area contributed by atoms with Crippen LogP contribution in [0.3, 0.4) is 0 Å². The molecule has 1 saturated carbocycles. The number of rotatable bonds is 4. The maximum absolute atomic E-state index is 12.8. The van der Waals surface area contributed by atoms with Crippen molar-refractivity contribution in [2.75, 3.05) is 0 Å². The summed E-state index contributed by atoms with van der Waals surface area (Å²) in [7, 11) is 0. The number of ether oxygens (including phenoxy) is 1. The lowest BCUT2D eigenvalue weighted by Crippen LogP contribution is -2.45. The summed E-state index contributed by atoms with van der Waals surface area (Å²) in [4.78, 5) is 24.7. The van der Waals surface area contributed by atoms with Crippen molar-refractivity contribution in [3.8, 4) is 5.69 Å². The number of aromatic nitrogens is 2. The summed E-state index contributed by atoms with van der Waals surface area (Å²) in [5.41, 5.74) is 2.50. The van der Waals surface area contributed by atoms with Crippen LogP contribution in [-0.4, -0.2) is 27.3 Å². The van der Waals surface area contributed by atoms with Crippen LogP contribution < -0.4 is 5.32 Å². The molecular formula is C21H25N3O3. The molecule has 1 aromatic carbocycles. The molecule has 1 aromatic heterocycles. The topological polar surface area (TPSA) is 73.2 Å². The summed E-state index contributed by atoms with van der Waals surface area (Å²) in [5, 5.41) is 7.37. The fourth-order valence-corrected chi connectivity index (χ4v) is 4.30. The fourth-order valence-electron chi connectivity index (χ4n) is 4.30. The lowest BCUT2D eigenvalue weighted by molar-refractivity contribution is -0.153. The predicted octanol–water partition coefficient (Wildman–Crippen LogP) is 3.06. The molecule has 4 rings (SSSR count). The van der Waals surface area contributed by atoms with Gasteiger partial charge in [0.1, 0.15) is 5.60 Å². The Hall–Kier alpha value is -2.63. The van der Waals surface area contributed by atoms with E-state index in [2.05, 4.69) is 16.5 Å². The molecule has 2 aromatic rings. The first-order chi connectivity index (χ1) is 13.1. The van der Waals surface area contributed by atoms with Gasteiger partial charge in [0.25, 0.3) is 0 Å². The van der Waals surface area contributed by atoms with Crippen LogP contribution in [0.5, 0.6) is 0 Å². The van der Waals surface area contributed by atoms with Crippen LogP contribution in [0.1, 0.15) is 49.7 Å². The molecular weight excluding hydrogens is 342 g/mol. The largest absolute Gasteiger partial charge is 0.458 e. The highest BCUT2D eigenvalue weighted by Crippen LogP contribution is 2.44. The van der Waals surface area contributed by atoms with Crippen molar-refractivity contribution in [2.24, 2.45) is 5.92 Å². The zero-order valence-electron chi connectivity index (χ0n) is 15.6. The summed E-state index contributed by atoms with van der Waals surface area (Å²) < 4.78 is 7.44. The monoisotopic (exact) mass is 367 g/mol. The molecule has 1 aliphatic heterocycles. The first kappa shape index (κ1) is 17.8. The van der Waals surface area contributed by atoms with Crippen molar-refractivity contribution in [3.63, 3.8) is 0 Å². The summed E-state index contributed by atoms with van der Waals surface area (Å²) in [6.45, 7) is 2.44. The molecule has 2 aliphatic rings. The van der Waals surface area contributed by atoms with Crippen molar-refractivity contribution in [1.29, 1.82) is 0 Å². The average molecular weight is 367 g/mol. The van der Waals surface area contributed by atoms with Crippen LogP contribution in [0, 0.1) is 12.8 Å². The van der Waals surface area contributed by atoms with Crippen LogP contribution in [-0.2, 0) is 20.9 Å². The van der Waals surface area contributed by atoms with Crippen molar-refractivity contribution in [1.82, 2.24) is 15.1 Å². The first-order valence-electron chi connectivity index (χ1n) is 9.66. The minimum Gasteiger partial charge on any atom is -0.458 e. The third-order valence-electron chi connectivity index (χ3n) is 5.71. The Kier molecular flexibility index (Phi) is 4.72. The lowest BCUT2D eigenvalue weighted by atomic mass is 9.75. The van der Waals surface area contributed by atoms with Crippen LogP contribution in [0.2, 0.25) is 0 Å². The van der Waals surface area contributed by atoms with Gasteiger partial charge in [0, 0.05) is 18.3 Å². The maximum Gasteiger partial charge on any atom is 0.307 e. The molecule has 0 bridgehead atoms. The zero-order chi connectivity index (χ0) is 18.9. The molecule has 2 fully saturated rings. The number of nitrogens with one attached hydrogen (secondary N) is 1. The second-order valence-electron chi connectivity index (χ2n) is 7.71. The highest BCUT2D eigenvalue weighted by molar-refractivity contribution is 5.87. The molecule has 1 saturated heterocycles. The predicted molar refractivity (Wildman–Crippen MR) is 100 cm³/mol. The smallest absolute Gasteiger partial charge is 0.307 e. The molecule has 0 radical (unpaired) electrons. The molecule has 1 spiro atoms. The van der Waals surface area contributed by atoms with Gasteiger partial charge >= 0.3 is 5.97 Å². The van der Waals surface area contributed by atoms with Gasteiger partial charge < -0.3 is 10.1 Å². The van der Waals surface area contributed by atoms with Crippen LogP contribution in [0.4, 0.5) is 0 Å². The number of hydrogen-bond acceptors (Lipinski definition) is 4. The number of carbonyl (C=O) groups excluding carboxylic acids is 2. The number of amides is 1. The van der Waals surface area contributed by atoms with E-state index in [1.54, 1.807) is 10.9 Å². The number of aryl methyl sites for hydroxylation is 1. The highest BCUT2D eigenvalue weighted by Gasteiger charge is 2.52. The third kappa shape index (κ3) is 3.61. The van der Waals surface area contributed by atoms with Crippen molar-refractivity contribution >= 4 is 11.9 Å². The first-order valence-corrected chi connectivity index (χ1v) is 9.66. The molecule has 1 amide bonds. The highest BCUT2D eigenvalue weighted by atomic mass is 16.6. The molecule has 0 unspecified atom stereocenters. The van der Waals surface area contributed by atoms with E-state index in [0.29, 0.717) is 6.54 Å². The van der Waals surface area contributed by atoms with Gasteiger partial charge in [-0.25, -0.2) is 4.68 Å². The van der Waals surface area contributed by atoms with E-state index in [0.717, 1.165) is 43.4 Å². The number of nitrogens with zero attached hydrogens (tertiary/aromatic N) is 2. The Morgan fingerprint density at radius 2 is 2.15 bits per heavy atom. The van der Waals surface area contributed by atoms with Gasteiger partial charge in [-0.2, -0.15) is 5.10 Å².